The molecule has 0 aliphatic carbocycles. The van der Waals surface area contributed by atoms with E-state index in [9.17, 15) is 4.79 Å². The van der Waals surface area contributed by atoms with Crippen molar-refractivity contribution in [2.75, 3.05) is 20.6 Å². The maximum absolute atomic E-state index is 12.8. The zero-order valence-electron chi connectivity index (χ0n) is 15.6. The molecule has 0 saturated carbocycles. The van der Waals surface area contributed by atoms with Crippen molar-refractivity contribution < 1.29 is 4.79 Å². The van der Waals surface area contributed by atoms with Crippen LogP contribution in [0.3, 0.4) is 0 Å². The number of aromatic nitrogens is 3. The lowest BCUT2D eigenvalue weighted by molar-refractivity contribution is 0.0919. The Morgan fingerprint density at radius 1 is 1.15 bits per heavy atom. The Hall–Kier alpha value is -2.70. The van der Waals surface area contributed by atoms with Crippen molar-refractivity contribution in [1.82, 2.24) is 25.0 Å². The van der Waals surface area contributed by atoms with Crippen molar-refractivity contribution in [1.29, 1.82) is 0 Å². The molecular weight excluding hydrogens is 362 g/mol. The van der Waals surface area contributed by atoms with Gasteiger partial charge < -0.3 is 10.2 Å². The fourth-order valence-electron chi connectivity index (χ4n) is 2.85. The molecule has 0 saturated heterocycles. The largest absolute Gasteiger partial charge is 0.341 e. The highest BCUT2D eigenvalue weighted by molar-refractivity contribution is 6.32. The van der Waals surface area contributed by atoms with Gasteiger partial charge in [-0.1, -0.05) is 54.1 Å². The minimum atomic E-state index is -0.320. The molecule has 2 aromatic carbocycles. The van der Waals surface area contributed by atoms with Crippen molar-refractivity contribution in [3.05, 3.63) is 76.8 Å². The summed E-state index contributed by atoms with van der Waals surface area (Å²) in [7, 11) is 3.94. The number of carbonyl (C=O) groups is 1. The van der Waals surface area contributed by atoms with Crippen LogP contribution in [0.4, 0.5) is 0 Å². The van der Waals surface area contributed by atoms with Gasteiger partial charge in [0.2, 0.25) is 5.82 Å². The van der Waals surface area contributed by atoms with Crippen LogP contribution in [-0.2, 0) is 0 Å². The first-order valence-electron chi connectivity index (χ1n) is 8.65. The molecular formula is C20H22ClN5O. The van der Waals surface area contributed by atoms with Gasteiger partial charge in [-0.25, -0.2) is 9.67 Å². The third-order valence-electron chi connectivity index (χ3n) is 4.11. The Labute approximate surface area is 163 Å². The highest BCUT2D eigenvalue weighted by Gasteiger charge is 2.21. The molecule has 1 heterocycles. The zero-order valence-corrected chi connectivity index (χ0v) is 16.3. The average Bonchev–Trinajstić information content (AvgIpc) is 3.03. The smallest absolute Gasteiger partial charge is 0.291 e. The number of carbonyl (C=O) groups excluding carboxylic acids is 1. The van der Waals surface area contributed by atoms with Gasteiger partial charge in [-0.15, -0.1) is 5.10 Å². The van der Waals surface area contributed by atoms with E-state index in [-0.39, 0.29) is 17.8 Å². The highest BCUT2D eigenvalue weighted by atomic mass is 35.5. The quantitative estimate of drug-likeness (QED) is 0.709. The van der Waals surface area contributed by atoms with Crippen LogP contribution in [0, 0.1) is 6.92 Å². The summed E-state index contributed by atoms with van der Waals surface area (Å²) in [5.41, 5.74) is 1.72. The van der Waals surface area contributed by atoms with Crippen molar-refractivity contribution in [2.24, 2.45) is 0 Å². The second-order valence-electron chi connectivity index (χ2n) is 6.54. The van der Waals surface area contributed by atoms with Gasteiger partial charge in [0.25, 0.3) is 5.91 Å². The number of nitrogens with one attached hydrogen (secondary N) is 1. The first-order valence-corrected chi connectivity index (χ1v) is 9.02. The van der Waals surface area contributed by atoms with E-state index in [1.165, 1.54) is 0 Å². The summed E-state index contributed by atoms with van der Waals surface area (Å²) in [5, 5.41) is 7.95. The predicted molar refractivity (Wildman–Crippen MR) is 106 cm³/mol. The number of rotatable bonds is 6. The minimum Gasteiger partial charge on any atom is -0.341 e. The molecule has 0 spiro atoms. The van der Waals surface area contributed by atoms with Gasteiger partial charge in [-0.2, -0.15) is 0 Å². The number of hydrogen-bond acceptors (Lipinski definition) is 4. The van der Waals surface area contributed by atoms with Crippen molar-refractivity contribution in [3.63, 3.8) is 0 Å². The summed E-state index contributed by atoms with van der Waals surface area (Å²) in [6.45, 7) is 2.46. The molecule has 7 heteroatoms. The Balaban J connectivity index is 1.85. The second-order valence-corrected chi connectivity index (χ2v) is 6.95. The molecule has 0 radical (unpaired) electrons. The molecule has 0 fully saturated rings. The Kier molecular flexibility index (Phi) is 5.88. The Morgan fingerprint density at radius 3 is 2.48 bits per heavy atom. The molecule has 1 unspecified atom stereocenters. The summed E-state index contributed by atoms with van der Waals surface area (Å²) in [6.07, 6.45) is 0. The van der Waals surface area contributed by atoms with Crippen LogP contribution in [0.5, 0.6) is 0 Å². The predicted octanol–water partition coefficient (Wildman–Crippen LogP) is 3.26. The fraction of sp³-hybridized carbons (Fsp3) is 0.250. The molecule has 1 aromatic heterocycles. The third-order valence-corrected chi connectivity index (χ3v) is 4.43. The number of amides is 1. The molecule has 3 aromatic rings. The molecule has 140 valence electrons. The van der Waals surface area contributed by atoms with Crippen LogP contribution in [0.15, 0.2) is 54.6 Å². The molecule has 0 bridgehead atoms. The standard InChI is InChI=1S/C20H22ClN5O/c1-14-22-19(24-26(14)18-12-8-7-11-16(18)21)20(27)23-17(13-25(2)3)15-9-5-4-6-10-15/h4-12,17H,13H2,1-3H3,(H,23,27). The van der Waals surface area contributed by atoms with Gasteiger partial charge >= 0.3 is 0 Å². The molecule has 1 atom stereocenters. The number of aryl methyl sites for hydroxylation is 1. The first kappa shape index (κ1) is 19.1. The van der Waals surface area contributed by atoms with Gasteiger partial charge in [0.05, 0.1) is 16.8 Å². The second kappa shape index (κ2) is 8.33. The summed E-state index contributed by atoms with van der Waals surface area (Å²) in [6, 6.07) is 17.0. The van der Waals surface area contributed by atoms with E-state index in [0.717, 1.165) is 5.56 Å². The van der Waals surface area contributed by atoms with E-state index >= 15 is 0 Å². The van der Waals surface area contributed by atoms with E-state index in [2.05, 4.69) is 15.4 Å². The molecule has 1 N–H and O–H groups in total. The van der Waals surface area contributed by atoms with Crippen LogP contribution in [0.2, 0.25) is 5.02 Å². The van der Waals surface area contributed by atoms with Gasteiger partial charge in [0.15, 0.2) is 0 Å². The van der Waals surface area contributed by atoms with Gasteiger partial charge in [0, 0.05) is 6.54 Å². The Bertz CT molecular complexity index is 923. The van der Waals surface area contributed by atoms with E-state index < -0.39 is 0 Å². The number of hydrogen-bond donors (Lipinski definition) is 1. The summed E-state index contributed by atoms with van der Waals surface area (Å²) in [4.78, 5) is 19.1. The lowest BCUT2D eigenvalue weighted by Crippen LogP contribution is -2.35. The fourth-order valence-corrected chi connectivity index (χ4v) is 3.06. The number of benzene rings is 2. The van der Waals surface area contributed by atoms with Crippen LogP contribution < -0.4 is 5.32 Å². The molecule has 0 aliphatic heterocycles. The van der Waals surface area contributed by atoms with Crippen LogP contribution in [0.1, 0.15) is 28.0 Å². The maximum atomic E-state index is 12.8. The summed E-state index contributed by atoms with van der Waals surface area (Å²) in [5.74, 6) is 0.392. The van der Waals surface area contributed by atoms with Gasteiger partial charge in [-0.3, -0.25) is 4.79 Å². The lowest BCUT2D eigenvalue weighted by atomic mass is 10.1. The number of halogens is 1. The molecule has 1 amide bonds. The van der Waals surface area contributed by atoms with Gasteiger partial charge in [0.1, 0.15) is 5.82 Å². The van der Waals surface area contributed by atoms with Crippen LogP contribution >= 0.6 is 11.6 Å². The van der Waals surface area contributed by atoms with Gasteiger partial charge in [-0.05, 0) is 38.7 Å². The monoisotopic (exact) mass is 383 g/mol. The summed E-state index contributed by atoms with van der Waals surface area (Å²) >= 11 is 6.25. The number of nitrogens with zero attached hydrogens (tertiary/aromatic N) is 4. The van der Waals surface area contributed by atoms with E-state index in [1.54, 1.807) is 17.7 Å². The Morgan fingerprint density at radius 2 is 1.81 bits per heavy atom. The lowest BCUT2D eigenvalue weighted by Gasteiger charge is -2.22. The van der Waals surface area contributed by atoms with Crippen molar-refractivity contribution in [3.8, 4) is 5.69 Å². The minimum absolute atomic E-state index is 0.118. The average molecular weight is 384 g/mol. The molecule has 0 aliphatic rings. The zero-order chi connectivity index (χ0) is 19.4. The number of likely N-dealkylation sites (N-methyl/N-ethyl adjacent to an activating group) is 1. The molecule has 6 nitrogen and oxygen atoms in total. The summed E-state index contributed by atoms with van der Waals surface area (Å²) < 4.78 is 1.58. The normalized spacial score (nSPS) is 12.2. The SMILES string of the molecule is Cc1nc(C(=O)NC(CN(C)C)c2ccccc2)nn1-c1ccccc1Cl. The van der Waals surface area contributed by atoms with Crippen molar-refractivity contribution >= 4 is 17.5 Å². The van der Waals surface area contributed by atoms with E-state index in [0.29, 0.717) is 23.1 Å². The van der Waals surface area contributed by atoms with E-state index in [1.807, 2.05) is 67.5 Å². The van der Waals surface area contributed by atoms with E-state index in [4.69, 9.17) is 11.6 Å². The highest BCUT2D eigenvalue weighted by Crippen LogP contribution is 2.20. The van der Waals surface area contributed by atoms with Crippen LogP contribution in [-0.4, -0.2) is 46.2 Å². The van der Waals surface area contributed by atoms with Crippen molar-refractivity contribution in [2.45, 2.75) is 13.0 Å². The number of para-hydroxylation sites is 1. The first-order chi connectivity index (χ1) is 13.0. The molecule has 3 rings (SSSR count). The topological polar surface area (TPSA) is 63.1 Å². The van der Waals surface area contributed by atoms with Crippen LogP contribution in [0.25, 0.3) is 5.69 Å². The third kappa shape index (κ3) is 4.53. The molecule has 27 heavy (non-hydrogen) atoms. The maximum Gasteiger partial charge on any atom is 0.291 e.